The Morgan fingerprint density at radius 3 is 2.83 bits per heavy atom. The highest BCUT2D eigenvalue weighted by molar-refractivity contribution is 7.10. The van der Waals surface area contributed by atoms with Crippen LogP contribution in [0.25, 0.3) is 0 Å². The van der Waals surface area contributed by atoms with Crippen LogP contribution in [0.2, 0.25) is 0 Å². The smallest absolute Gasteiger partial charge is 0.239 e. The van der Waals surface area contributed by atoms with Crippen molar-refractivity contribution >= 4 is 17.2 Å². The van der Waals surface area contributed by atoms with Crippen LogP contribution in [0.15, 0.2) is 17.5 Å². The average Bonchev–Trinajstić information content (AvgIpc) is 2.82. The topological polar surface area (TPSA) is 67.6 Å². The number of ether oxygens (including phenoxy) is 1. The maximum Gasteiger partial charge on any atom is 0.239 e. The molecule has 1 aromatic rings. The first-order valence-corrected chi connectivity index (χ1v) is 6.66. The number of carbonyl (C=O) groups is 1. The highest BCUT2D eigenvalue weighted by Gasteiger charge is 2.18. The van der Waals surface area contributed by atoms with E-state index < -0.39 is 6.04 Å². The zero-order valence-electron chi connectivity index (χ0n) is 11.1. The lowest BCUT2D eigenvalue weighted by molar-refractivity contribution is -0.123. The van der Waals surface area contributed by atoms with Crippen molar-refractivity contribution in [2.45, 2.75) is 12.1 Å². The van der Waals surface area contributed by atoms with Crippen LogP contribution in [0.3, 0.4) is 0 Å². The van der Waals surface area contributed by atoms with Crippen LogP contribution in [-0.4, -0.2) is 51.2 Å². The van der Waals surface area contributed by atoms with Gasteiger partial charge in [0.1, 0.15) is 6.04 Å². The molecule has 0 radical (unpaired) electrons. The zero-order chi connectivity index (χ0) is 13.5. The molecule has 6 heteroatoms. The minimum absolute atomic E-state index is 0.170. The predicted octanol–water partition coefficient (Wildman–Crippen LogP) is 0.441. The lowest BCUT2D eigenvalue weighted by Gasteiger charge is -2.24. The number of rotatable bonds is 7. The third-order valence-corrected chi connectivity index (χ3v) is 3.62. The molecule has 0 saturated carbocycles. The normalized spacial score (nSPS) is 14.5. The van der Waals surface area contributed by atoms with Crippen molar-refractivity contribution in [3.63, 3.8) is 0 Å². The summed E-state index contributed by atoms with van der Waals surface area (Å²) in [4.78, 5) is 15.0. The van der Waals surface area contributed by atoms with E-state index in [0.717, 1.165) is 0 Å². The molecule has 1 amide bonds. The Bertz CT molecular complexity index is 354. The molecule has 3 N–H and O–H groups in total. The molecule has 1 heterocycles. The summed E-state index contributed by atoms with van der Waals surface area (Å²) < 4.78 is 4.86. The number of amides is 1. The molecule has 0 aromatic carbocycles. The summed E-state index contributed by atoms with van der Waals surface area (Å²) >= 11 is 1.68. The molecule has 1 aromatic heterocycles. The van der Waals surface area contributed by atoms with Gasteiger partial charge in [-0.15, -0.1) is 11.3 Å². The van der Waals surface area contributed by atoms with Crippen molar-refractivity contribution in [1.82, 2.24) is 10.2 Å². The summed E-state index contributed by atoms with van der Waals surface area (Å²) in [5, 5.41) is 4.89. The van der Waals surface area contributed by atoms with E-state index in [4.69, 9.17) is 10.5 Å². The Hall–Kier alpha value is -0.950. The molecule has 0 bridgehead atoms. The molecule has 0 aliphatic carbocycles. The van der Waals surface area contributed by atoms with Crippen molar-refractivity contribution in [2.24, 2.45) is 5.73 Å². The number of nitrogens with two attached hydrogens (primary N) is 1. The van der Waals surface area contributed by atoms with E-state index in [1.807, 2.05) is 25.5 Å². The van der Waals surface area contributed by atoms with Gasteiger partial charge in [0, 0.05) is 18.5 Å². The molecule has 0 spiro atoms. The fraction of sp³-hybridized carbons (Fsp3) is 0.583. The second-order valence-corrected chi connectivity index (χ2v) is 5.28. The number of hydrogen-bond acceptors (Lipinski definition) is 5. The molecule has 5 nitrogen and oxygen atoms in total. The first-order chi connectivity index (χ1) is 8.56. The van der Waals surface area contributed by atoms with E-state index in [1.54, 1.807) is 11.3 Å². The van der Waals surface area contributed by atoms with Gasteiger partial charge in [-0.25, -0.2) is 0 Å². The maximum absolute atomic E-state index is 11.7. The lowest BCUT2D eigenvalue weighted by atomic mass is 10.2. The zero-order valence-corrected chi connectivity index (χ0v) is 11.9. The molecular formula is C12H21N3O2S. The first kappa shape index (κ1) is 15.1. The summed E-state index contributed by atoms with van der Waals surface area (Å²) in [5.74, 6) is -0.180. The Labute approximate surface area is 112 Å². The minimum atomic E-state index is -0.610. The molecular weight excluding hydrogens is 250 g/mol. The van der Waals surface area contributed by atoms with Crippen molar-refractivity contribution in [1.29, 1.82) is 0 Å². The van der Waals surface area contributed by atoms with E-state index in [9.17, 15) is 4.79 Å². The number of likely N-dealkylation sites (N-methyl/N-ethyl adjacent to an activating group) is 1. The van der Waals surface area contributed by atoms with E-state index >= 15 is 0 Å². The summed E-state index contributed by atoms with van der Waals surface area (Å²) in [7, 11) is 5.51. The number of methoxy groups -OCH3 is 1. The highest BCUT2D eigenvalue weighted by Crippen LogP contribution is 2.22. The van der Waals surface area contributed by atoms with Crippen molar-refractivity contribution in [2.75, 3.05) is 34.4 Å². The summed E-state index contributed by atoms with van der Waals surface area (Å²) in [5.41, 5.74) is 5.66. The molecule has 0 fully saturated rings. The average molecular weight is 271 g/mol. The van der Waals surface area contributed by atoms with Gasteiger partial charge in [0.15, 0.2) is 0 Å². The van der Waals surface area contributed by atoms with Gasteiger partial charge in [-0.3, -0.25) is 4.79 Å². The summed E-state index contributed by atoms with van der Waals surface area (Å²) in [6.07, 6.45) is 0. The van der Waals surface area contributed by atoms with E-state index in [2.05, 4.69) is 16.3 Å². The molecule has 0 saturated heterocycles. The molecule has 18 heavy (non-hydrogen) atoms. The molecule has 0 aliphatic heterocycles. The van der Waals surface area contributed by atoms with Crippen LogP contribution in [-0.2, 0) is 9.53 Å². The fourth-order valence-electron chi connectivity index (χ4n) is 1.60. The number of hydrogen-bond donors (Lipinski definition) is 2. The Balaban J connectivity index is 2.51. The number of carbonyl (C=O) groups excluding carboxylic acids is 1. The molecule has 102 valence electrons. The highest BCUT2D eigenvalue weighted by atomic mass is 32.1. The fourth-order valence-corrected chi connectivity index (χ4v) is 2.52. The van der Waals surface area contributed by atoms with Gasteiger partial charge in [-0.05, 0) is 25.5 Å². The second-order valence-electron chi connectivity index (χ2n) is 4.30. The van der Waals surface area contributed by atoms with Crippen LogP contribution in [0.5, 0.6) is 0 Å². The lowest BCUT2D eigenvalue weighted by Crippen LogP contribution is -2.45. The monoisotopic (exact) mass is 271 g/mol. The Morgan fingerprint density at radius 2 is 2.33 bits per heavy atom. The largest absolute Gasteiger partial charge is 0.383 e. The number of thiophene rings is 1. The van der Waals surface area contributed by atoms with Crippen molar-refractivity contribution < 1.29 is 9.53 Å². The summed E-state index contributed by atoms with van der Waals surface area (Å²) in [6.45, 7) is 0.779. The van der Waals surface area contributed by atoms with Gasteiger partial charge < -0.3 is 20.7 Å². The number of nitrogens with one attached hydrogen (secondary N) is 1. The van der Waals surface area contributed by atoms with Crippen LogP contribution in [0, 0.1) is 0 Å². The number of nitrogens with zero attached hydrogens (tertiary/aromatic N) is 1. The Morgan fingerprint density at radius 1 is 1.61 bits per heavy atom. The molecule has 1 rings (SSSR count). The molecule has 0 aliphatic rings. The standard InChI is InChI=1S/C12H21N3O2S/c1-15(2)10(11-5-4-6-18-11)7-14-12(16)9(13)8-17-3/h4-6,9-10H,7-8,13H2,1-3H3,(H,14,16). The Kier molecular flexibility index (Phi) is 6.28. The van der Waals surface area contributed by atoms with Crippen LogP contribution in [0.1, 0.15) is 10.9 Å². The van der Waals surface area contributed by atoms with Crippen LogP contribution in [0.4, 0.5) is 0 Å². The van der Waals surface area contributed by atoms with Gasteiger partial charge >= 0.3 is 0 Å². The van der Waals surface area contributed by atoms with E-state index in [1.165, 1.54) is 12.0 Å². The van der Waals surface area contributed by atoms with E-state index in [-0.39, 0.29) is 18.6 Å². The van der Waals surface area contributed by atoms with Gasteiger partial charge in [0.2, 0.25) is 5.91 Å². The minimum Gasteiger partial charge on any atom is -0.383 e. The molecule has 2 atom stereocenters. The quantitative estimate of drug-likeness (QED) is 0.755. The van der Waals surface area contributed by atoms with Gasteiger partial charge in [0.25, 0.3) is 0 Å². The summed E-state index contributed by atoms with van der Waals surface area (Å²) in [6, 6.07) is 3.63. The van der Waals surface area contributed by atoms with Gasteiger partial charge in [0.05, 0.1) is 12.6 Å². The maximum atomic E-state index is 11.7. The van der Waals surface area contributed by atoms with Gasteiger partial charge in [-0.1, -0.05) is 6.07 Å². The van der Waals surface area contributed by atoms with Crippen LogP contribution < -0.4 is 11.1 Å². The van der Waals surface area contributed by atoms with Gasteiger partial charge in [-0.2, -0.15) is 0 Å². The van der Waals surface area contributed by atoms with Crippen molar-refractivity contribution in [3.8, 4) is 0 Å². The predicted molar refractivity (Wildman–Crippen MR) is 73.6 cm³/mol. The molecule has 2 unspecified atom stereocenters. The van der Waals surface area contributed by atoms with Crippen LogP contribution >= 0.6 is 11.3 Å². The second kappa shape index (κ2) is 7.48. The SMILES string of the molecule is COCC(N)C(=O)NCC(c1cccs1)N(C)C. The van der Waals surface area contributed by atoms with Crippen molar-refractivity contribution in [3.05, 3.63) is 22.4 Å². The van der Waals surface area contributed by atoms with E-state index in [0.29, 0.717) is 6.54 Å². The first-order valence-electron chi connectivity index (χ1n) is 5.78. The third kappa shape index (κ3) is 4.38. The third-order valence-electron chi connectivity index (χ3n) is 2.65.